The summed E-state index contributed by atoms with van der Waals surface area (Å²) in [6, 6.07) is 17.9. The van der Waals surface area contributed by atoms with Gasteiger partial charge < -0.3 is 10.0 Å². The van der Waals surface area contributed by atoms with Gasteiger partial charge in [-0.25, -0.2) is 4.68 Å². The minimum absolute atomic E-state index is 0.0154. The Labute approximate surface area is 164 Å². The maximum Gasteiger partial charge on any atom is 0.303 e. The summed E-state index contributed by atoms with van der Waals surface area (Å²) >= 11 is 0. The summed E-state index contributed by atoms with van der Waals surface area (Å²) in [4.78, 5) is 24.5. The van der Waals surface area contributed by atoms with Gasteiger partial charge in [0, 0.05) is 37.3 Å². The summed E-state index contributed by atoms with van der Waals surface area (Å²) in [6.07, 6.45) is 1.74. The molecular weight excluding hydrogens is 354 g/mol. The van der Waals surface area contributed by atoms with Crippen molar-refractivity contribution >= 4 is 11.9 Å². The fourth-order valence-electron chi connectivity index (χ4n) is 2.94. The molecule has 3 rings (SSSR count). The summed E-state index contributed by atoms with van der Waals surface area (Å²) in [5.41, 5.74) is 4.78. The lowest BCUT2D eigenvalue weighted by molar-refractivity contribution is -0.140. The third kappa shape index (κ3) is 4.65. The Morgan fingerprint density at radius 2 is 1.71 bits per heavy atom. The van der Waals surface area contributed by atoms with Crippen molar-refractivity contribution in [3.8, 4) is 16.9 Å². The molecule has 0 aliphatic carbocycles. The predicted molar refractivity (Wildman–Crippen MR) is 107 cm³/mol. The van der Waals surface area contributed by atoms with Crippen LogP contribution in [0.4, 0.5) is 0 Å². The van der Waals surface area contributed by atoms with E-state index in [0.29, 0.717) is 6.54 Å². The van der Waals surface area contributed by atoms with E-state index in [0.717, 1.165) is 28.1 Å². The summed E-state index contributed by atoms with van der Waals surface area (Å²) in [5.74, 6) is -1.18. The van der Waals surface area contributed by atoms with E-state index in [1.54, 1.807) is 16.6 Å². The van der Waals surface area contributed by atoms with Gasteiger partial charge in [-0.05, 0) is 19.1 Å². The number of amides is 1. The highest BCUT2D eigenvalue weighted by molar-refractivity contribution is 5.80. The van der Waals surface area contributed by atoms with E-state index < -0.39 is 5.97 Å². The number of aliphatic carboxylic acids is 1. The number of carboxylic acids is 1. The second-order valence-electron chi connectivity index (χ2n) is 6.79. The molecule has 3 aromatic rings. The molecule has 1 aromatic heterocycles. The number of hydrogen-bond acceptors (Lipinski definition) is 3. The number of rotatable bonds is 7. The molecule has 0 saturated carbocycles. The van der Waals surface area contributed by atoms with Crippen LogP contribution in [0.3, 0.4) is 0 Å². The fourth-order valence-corrected chi connectivity index (χ4v) is 2.94. The zero-order chi connectivity index (χ0) is 20.1. The summed E-state index contributed by atoms with van der Waals surface area (Å²) in [5, 5.41) is 13.5. The van der Waals surface area contributed by atoms with Crippen LogP contribution in [0.1, 0.15) is 24.0 Å². The minimum atomic E-state index is -0.973. The van der Waals surface area contributed by atoms with Gasteiger partial charge in [0.2, 0.25) is 5.91 Å². The molecule has 0 atom stereocenters. The Kier molecular flexibility index (Phi) is 5.89. The van der Waals surface area contributed by atoms with Crippen molar-refractivity contribution in [1.29, 1.82) is 0 Å². The maximum atomic E-state index is 12.3. The number of hydrogen-bond donors (Lipinski definition) is 1. The number of nitrogens with zero attached hydrogens (tertiary/aromatic N) is 3. The van der Waals surface area contributed by atoms with E-state index in [4.69, 9.17) is 10.2 Å². The van der Waals surface area contributed by atoms with Gasteiger partial charge >= 0.3 is 5.97 Å². The lowest BCUT2D eigenvalue weighted by atomic mass is 10.1. The van der Waals surface area contributed by atoms with Crippen LogP contribution in [0.15, 0.2) is 60.8 Å². The van der Waals surface area contributed by atoms with E-state index in [1.807, 2.05) is 67.7 Å². The van der Waals surface area contributed by atoms with Crippen molar-refractivity contribution in [1.82, 2.24) is 14.7 Å². The van der Waals surface area contributed by atoms with E-state index in [1.165, 1.54) is 0 Å². The van der Waals surface area contributed by atoms with Crippen LogP contribution in [0.5, 0.6) is 0 Å². The lowest BCUT2D eigenvalue weighted by Crippen LogP contribution is -2.26. The molecule has 0 spiro atoms. The number of para-hydroxylation sites is 1. The zero-order valence-corrected chi connectivity index (χ0v) is 16.0. The third-order valence-corrected chi connectivity index (χ3v) is 4.52. The Hall–Kier alpha value is -3.41. The first kappa shape index (κ1) is 19.4. The largest absolute Gasteiger partial charge is 0.481 e. The van der Waals surface area contributed by atoms with Crippen LogP contribution >= 0.6 is 0 Å². The van der Waals surface area contributed by atoms with Gasteiger partial charge in [0.15, 0.2) is 0 Å². The topological polar surface area (TPSA) is 75.4 Å². The first-order valence-corrected chi connectivity index (χ1v) is 9.11. The van der Waals surface area contributed by atoms with Crippen molar-refractivity contribution < 1.29 is 14.7 Å². The van der Waals surface area contributed by atoms with Crippen molar-refractivity contribution in [2.75, 3.05) is 7.05 Å². The lowest BCUT2D eigenvalue weighted by Gasteiger charge is -2.16. The average molecular weight is 377 g/mol. The Bertz CT molecular complexity index is 962. The molecule has 0 aliphatic rings. The number of benzene rings is 2. The third-order valence-electron chi connectivity index (χ3n) is 4.52. The molecule has 1 N–H and O–H groups in total. The fraction of sp³-hybridized carbons (Fsp3) is 0.227. The van der Waals surface area contributed by atoms with Crippen LogP contribution < -0.4 is 0 Å². The molecule has 0 unspecified atom stereocenters. The molecule has 0 radical (unpaired) electrons. The number of carbonyl (C=O) groups is 2. The van der Waals surface area contributed by atoms with E-state index in [9.17, 15) is 9.59 Å². The minimum Gasteiger partial charge on any atom is -0.481 e. The van der Waals surface area contributed by atoms with Crippen LogP contribution in [-0.2, 0) is 16.1 Å². The highest BCUT2D eigenvalue weighted by Crippen LogP contribution is 2.25. The Morgan fingerprint density at radius 1 is 1.04 bits per heavy atom. The number of aryl methyl sites for hydroxylation is 1. The van der Waals surface area contributed by atoms with Gasteiger partial charge in [-0.2, -0.15) is 5.10 Å². The van der Waals surface area contributed by atoms with E-state index >= 15 is 0 Å². The molecule has 0 bridgehead atoms. The van der Waals surface area contributed by atoms with Gasteiger partial charge in [0.25, 0.3) is 0 Å². The molecule has 1 heterocycles. The van der Waals surface area contributed by atoms with Crippen molar-refractivity contribution in [3.63, 3.8) is 0 Å². The molecule has 0 saturated heterocycles. The normalized spacial score (nSPS) is 10.6. The summed E-state index contributed by atoms with van der Waals surface area (Å²) in [7, 11) is 1.68. The maximum absolute atomic E-state index is 12.3. The quantitative estimate of drug-likeness (QED) is 0.682. The summed E-state index contributed by atoms with van der Waals surface area (Å²) < 4.78 is 1.81. The van der Waals surface area contributed by atoms with Gasteiger partial charge in [0.1, 0.15) is 0 Å². The van der Waals surface area contributed by atoms with Gasteiger partial charge in [-0.15, -0.1) is 0 Å². The molecule has 0 fully saturated rings. The van der Waals surface area contributed by atoms with Gasteiger partial charge in [0.05, 0.1) is 17.8 Å². The summed E-state index contributed by atoms with van der Waals surface area (Å²) in [6.45, 7) is 2.39. The monoisotopic (exact) mass is 377 g/mol. The average Bonchev–Trinajstić information content (AvgIpc) is 3.11. The predicted octanol–water partition coefficient (Wildman–Crippen LogP) is 3.67. The smallest absolute Gasteiger partial charge is 0.303 e. The SMILES string of the molecule is Cc1ccc(-c2nn(-c3ccccc3)cc2CN(C)C(=O)CCC(=O)O)cc1. The van der Waals surface area contributed by atoms with Gasteiger partial charge in [-0.3, -0.25) is 9.59 Å². The van der Waals surface area contributed by atoms with Crippen molar-refractivity contribution in [3.05, 3.63) is 71.9 Å². The molecule has 6 nitrogen and oxygen atoms in total. The number of carboxylic acid groups (broad SMARTS) is 1. The first-order chi connectivity index (χ1) is 13.4. The Morgan fingerprint density at radius 3 is 2.36 bits per heavy atom. The van der Waals surface area contributed by atoms with Crippen LogP contribution in [-0.4, -0.2) is 38.7 Å². The first-order valence-electron chi connectivity index (χ1n) is 9.11. The van der Waals surface area contributed by atoms with Crippen molar-refractivity contribution in [2.24, 2.45) is 0 Å². The Balaban J connectivity index is 1.91. The number of carbonyl (C=O) groups excluding carboxylic acids is 1. The van der Waals surface area contributed by atoms with Gasteiger partial charge in [-0.1, -0.05) is 48.0 Å². The van der Waals surface area contributed by atoms with Crippen molar-refractivity contribution in [2.45, 2.75) is 26.3 Å². The molecule has 6 heteroatoms. The standard InChI is InChI=1S/C22H23N3O3/c1-16-8-10-17(11-9-16)22-18(14-24(2)20(26)12-13-21(27)28)15-25(23-22)19-6-4-3-5-7-19/h3-11,15H,12-14H2,1-2H3,(H,27,28). The molecular formula is C22H23N3O3. The molecule has 0 aliphatic heterocycles. The molecule has 2 aromatic carbocycles. The highest BCUT2D eigenvalue weighted by atomic mass is 16.4. The molecule has 28 heavy (non-hydrogen) atoms. The second-order valence-corrected chi connectivity index (χ2v) is 6.79. The zero-order valence-electron chi connectivity index (χ0n) is 16.0. The molecule has 144 valence electrons. The molecule has 1 amide bonds. The van der Waals surface area contributed by atoms with Crippen LogP contribution in [0.25, 0.3) is 16.9 Å². The van der Waals surface area contributed by atoms with Crippen LogP contribution in [0.2, 0.25) is 0 Å². The van der Waals surface area contributed by atoms with E-state index in [2.05, 4.69) is 0 Å². The van der Waals surface area contributed by atoms with Crippen LogP contribution in [0, 0.1) is 6.92 Å². The highest BCUT2D eigenvalue weighted by Gasteiger charge is 2.17. The second kappa shape index (κ2) is 8.52. The van der Waals surface area contributed by atoms with E-state index in [-0.39, 0.29) is 18.7 Å². The number of aromatic nitrogens is 2.